The van der Waals surface area contributed by atoms with Crippen molar-refractivity contribution in [3.8, 4) is 0 Å². The number of sulfonamides is 1. The van der Waals surface area contributed by atoms with Crippen LogP contribution >= 0.6 is 0 Å². The molecule has 1 amide bonds. The molecule has 4 rings (SSSR count). The highest BCUT2D eigenvalue weighted by Gasteiger charge is 2.40. The zero-order valence-electron chi connectivity index (χ0n) is 16.2. The minimum atomic E-state index is -3.71. The molecule has 2 N–H and O–H groups in total. The van der Waals surface area contributed by atoms with Crippen molar-refractivity contribution in [2.24, 2.45) is 0 Å². The van der Waals surface area contributed by atoms with Gasteiger partial charge in [-0.15, -0.1) is 0 Å². The van der Waals surface area contributed by atoms with Gasteiger partial charge in [-0.2, -0.15) is 0 Å². The predicted molar refractivity (Wildman–Crippen MR) is 108 cm³/mol. The van der Waals surface area contributed by atoms with Crippen molar-refractivity contribution < 1.29 is 23.1 Å². The predicted octanol–water partition coefficient (Wildman–Crippen LogP) is 1.95. The molecule has 7 nitrogen and oxygen atoms in total. The van der Waals surface area contributed by atoms with Gasteiger partial charge in [0, 0.05) is 13.1 Å². The number of carbonyl (C=O) groups excluding carboxylic acids is 1. The van der Waals surface area contributed by atoms with Crippen LogP contribution in [0.2, 0.25) is 0 Å². The van der Waals surface area contributed by atoms with Crippen LogP contribution in [0.3, 0.4) is 0 Å². The third kappa shape index (κ3) is 4.10. The van der Waals surface area contributed by atoms with Gasteiger partial charge in [0.25, 0.3) is 15.9 Å². The molecule has 0 aromatic heterocycles. The summed E-state index contributed by atoms with van der Waals surface area (Å²) in [4.78, 5) is 12.5. The van der Waals surface area contributed by atoms with Crippen molar-refractivity contribution in [2.75, 3.05) is 19.6 Å². The van der Waals surface area contributed by atoms with Gasteiger partial charge in [0.2, 0.25) is 0 Å². The number of amides is 1. The Morgan fingerprint density at radius 2 is 2.07 bits per heavy atom. The number of benzene rings is 1. The summed E-state index contributed by atoms with van der Waals surface area (Å²) >= 11 is 0. The topological polar surface area (TPSA) is 95.9 Å². The van der Waals surface area contributed by atoms with Crippen molar-refractivity contribution in [2.45, 2.75) is 49.2 Å². The van der Waals surface area contributed by atoms with Crippen molar-refractivity contribution in [3.05, 3.63) is 53.3 Å². The molecule has 2 aliphatic heterocycles. The van der Waals surface area contributed by atoms with Crippen LogP contribution in [0.25, 0.3) is 0 Å². The number of nitrogens with zero attached hydrogens (tertiary/aromatic N) is 1. The van der Waals surface area contributed by atoms with Gasteiger partial charge >= 0.3 is 0 Å². The van der Waals surface area contributed by atoms with E-state index in [1.807, 2.05) is 12.2 Å². The molecule has 0 saturated carbocycles. The van der Waals surface area contributed by atoms with E-state index in [9.17, 15) is 18.3 Å². The quantitative estimate of drug-likeness (QED) is 0.657. The summed E-state index contributed by atoms with van der Waals surface area (Å²) in [6.07, 6.45) is 7.32. The first-order valence-corrected chi connectivity index (χ1v) is 11.5. The Labute approximate surface area is 171 Å². The molecule has 156 valence electrons. The minimum absolute atomic E-state index is 0.101. The lowest BCUT2D eigenvalue weighted by atomic mass is 9.95. The number of carbonyl (C=O) groups is 1. The fourth-order valence-corrected chi connectivity index (χ4v) is 5.60. The first-order chi connectivity index (χ1) is 14.0. The van der Waals surface area contributed by atoms with Gasteiger partial charge in [0.05, 0.1) is 11.7 Å². The van der Waals surface area contributed by atoms with Crippen LogP contribution in [-0.2, 0) is 14.8 Å². The fraction of sp³-hybridized carbons (Fsp3) is 0.476. The Morgan fingerprint density at radius 1 is 1.24 bits per heavy atom. The average Bonchev–Trinajstić information content (AvgIpc) is 2.91. The maximum atomic E-state index is 12.5. The molecule has 8 heteroatoms. The number of ether oxygens (including phenoxy) is 1. The number of aliphatic hydroxyl groups excluding tert-OH is 1. The third-order valence-corrected chi connectivity index (χ3v) is 7.37. The smallest absolute Gasteiger partial charge is 0.269 e. The summed E-state index contributed by atoms with van der Waals surface area (Å²) in [6, 6.07) is 6.35. The van der Waals surface area contributed by atoms with Gasteiger partial charge in [-0.3, -0.25) is 4.79 Å². The van der Waals surface area contributed by atoms with E-state index in [1.54, 1.807) is 18.2 Å². The highest BCUT2D eigenvalue weighted by Crippen LogP contribution is 2.31. The summed E-state index contributed by atoms with van der Waals surface area (Å²) in [6.45, 7) is 1.65. The molecule has 29 heavy (non-hydrogen) atoms. The van der Waals surface area contributed by atoms with Gasteiger partial charge in [-0.25, -0.2) is 12.7 Å². The maximum Gasteiger partial charge on any atom is 0.269 e. The Balaban J connectivity index is 1.18. The molecule has 1 aromatic rings. The van der Waals surface area contributed by atoms with E-state index in [0.29, 0.717) is 12.8 Å². The monoisotopic (exact) mass is 418 g/mol. The van der Waals surface area contributed by atoms with Crippen molar-refractivity contribution >= 4 is 15.9 Å². The maximum absolute atomic E-state index is 12.5. The Bertz CT molecular complexity index is 954. The molecule has 2 heterocycles. The second kappa shape index (κ2) is 8.30. The number of hydrogen-bond donors (Lipinski definition) is 2. The third-order valence-electron chi connectivity index (χ3n) is 5.53. The number of aliphatic hydroxyl groups is 1. The molecule has 1 saturated heterocycles. The van der Waals surface area contributed by atoms with Gasteiger partial charge in [0.15, 0.2) is 0 Å². The summed E-state index contributed by atoms with van der Waals surface area (Å²) < 4.78 is 32.0. The molecule has 0 spiro atoms. The zero-order chi connectivity index (χ0) is 20.4. The summed E-state index contributed by atoms with van der Waals surface area (Å²) in [5.41, 5.74) is 1.36. The van der Waals surface area contributed by atoms with Crippen LogP contribution < -0.4 is 5.32 Å². The molecule has 0 bridgehead atoms. The van der Waals surface area contributed by atoms with Crippen LogP contribution in [0.4, 0.5) is 0 Å². The Kier molecular flexibility index (Phi) is 5.76. The molecule has 1 fully saturated rings. The number of nitrogens with one attached hydrogen (secondary N) is 1. The van der Waals surface area contributed by atoms with Crippen LogP contribution in [-0.4, -0.2) is 55.6 Å². The highest BCUT2D eigenvalue weighted by atomic mass is 32.2. The minimum Gasteiger partial charge on any atom is -0.489 e. The van der Waals surface area contributed by atoms with Gasteiger partial charge in [-0.05, 0) is 68.5 Å². The first kappa shape index (κ1) is 20.1. The molecule has 1 aromatic carbocycles. The fourth-order valence-electron chi connectivity index (χ4n) is 3.99. The summed E-state index contributed by atoms with van der Waals surface area (Å²) in [5.74, 6) is 0.463. The largest absolute Gasteiger partial charge is 0.489 e. The van der Waals surface area contributed by atoms with E-state index in [2.05, 4.69) is 5.32 Å². The zero-order valence-corrected chi connectivity index (χ0v) is 17.0. The highest BCUT2D eigenvalue weighted by molar-refractivity contribution is 7.90. The molecule has 3 aliphatic rings. The van der Waals surface area contributed by atoms with Crippen LogP contribution in [0.5, 0.6) is 0 Å². The first-order valence-electron chi connectivity index (χ1n) is 10.1. The number of unbranched alkanes of at least 4 members (excludes halogenated alkanes) is 1. The van der Waals surface area contributed by atoms with Crippen LogP contribution in [0.15, 0.2) is 52.6 Å². The van der Waals surface area contributed by atoms with Crippen molar-refractivity contribution in [1.82, 2.24) is 9.62 Å². The number of hydrogen-bond acceptors (Lipinski definition) is 6. The number of fused-ring (bicyclic) bond motifs is 2. The molecular formula is C21H26N2O5S. The van der Waals surface area contributed by atoms with Crippen molar-refractivity contribution in [1.29, 1.82) is 0 Å². The second-order valence-electron chi connectivity index (χ2n) is 7.63. The summed E-state index contributed by atoms with van der Waals surface area (Å²) in [7, 11) is -3.71. The van der Waals surface area contributed by atoms with E-state index < -0.39 is 22.0 Å². The van der Waals surface area contributed by atoms with Gasteiger partial charge in [0.1, 0.15) is 16.8 Å². The van der Waals surface area contributed by atoms with Crippen LogP contribution in [0.1, 0.15) is 42.5 Å². The lowest BCUT2D eigenvalue weighted by Gasteiger charge is -2.30. The Hall–Kier alpha value is -2.16. The van der Waals surface area contributed by atoms with Gasteiger partial charge in [-0.1, -0.05) is 12.1 Å². The number of allylic oxidation sites excluding steroid dienone is 1. The van der Waals surface area contributed by atoms with Gasteiger partial charge < -0.3 is 15.2 Å². The standard InChI is InChI=1S/C21H26N2O5S/c24-16-8-10-19-15(13-16)7-9-17(28-19)14-22-11-3-4-12-23-21(25)18-5-1-2-6-20(18)29(23,26)27/h1-2,5-6,10,13,16-17,22,24H,3-4,7-9,11-12,14H2/t16?,17-/m1/s1. The van der Waals surface area contributed by atoms with Crippen molar-refractivity contribution in [3.63, 3.8) is 0 Å². The molecule has 1 unspecified atom stereocenters. The van der Waals surface area contributed by atoms with E-state index in [4.69, 9.17) is 4.74 Å². The normalized spacial score (nSPS) is 25.0. The van der Waals surface area contributed by atoms with E-state index in [0.717, 1.165) is 48.0 Å². The van der Waals surface area contributed by atoms with Crippen LogP contribution in [0, 0.1) is 0 Å². The van der Waals surface area contributed by atoms with E-state index >= 15 is 0 Å². The lowest BCUT2D eigenvalue weighted by Crippen LogP contribution is -2.34. The Morgan fingerprint density at radius 3 is 2.90 bits per heavy atom. The summed E-state index contributed by atoms with van der Waals surface area (Å²) in [5, 5.41) is 13.0. The van der Waals surface area contributed by atoms with E-state index in [1.165, 1.54) is 6.07 Å². The lowest BCUT2D eigenvalue weighted by molar-refractivity contribution is 0.0867. The molecule has 1 aliphatic carbocycles. The molecule has 2 atom stereocenters. The SMILES string of the molecule is O=C1c2ccccc2S(=O)(=O)N1CCCCNC[C@H]1CCC2=CC(O)CC=C2O1. The average molecular weight is 419 g/mol. The van der Waals surface area contributed by atoms with E-state index in [-0.39, 0.29) is 23.1 Å². The molecule has 0 radical (unpaired) electrons. The number of rotatable bonds is 7. The molecular weight excluding hydrogens is 392 g/mol. The second-order valence-corrected chi connectivity index (χ2v) is 9.46.